The molecule has 0 heterocycles. The summed E-state index contributed by atoms with van der Waals surface area (Å²) < 4.78 is 6.21. The van der Waals surface area contributed by atoms with E-state index in [9.17, 15) is 0 Å². The fraction of sp³-hybridized carbons (Fsp3) is 0.200. The third-order valence-corrected chi connectivity index (χ3v) is 4.19. The second-order valence-electron chi connectivity index (χ2n) is 4.19. The molecule has 0 fully saturated rings. The van der Waals surface area contributed by atoms with E-state index in [0.717, 1.165) is 26.4 Å². The Morgan fingerprint density at radius 2 is 2.00 bits per heavy atom. The van der Waals surface area contributed by atoms with Crippen LogP contribution in [0.5, 0.6) is 5.75 Å². The number of alkyl halides is 1. The van der Waals surface area contributed by atoms with Crippen molar-refractivity contribution in [2.24, 2.45) is 0 Å². The summed E-state index contributed by atoms with van der Waals surface area (Å²) in [5, 5.41) is 0.592. The first-order valence-electron chi connectivity index (χ1n) is 5.82. The van der Waals surface area contributed by atoms with E-state index in [1.165, 1.54) is 0 Å². The molecule has 1 unspecified atom stereocenters. The lowest BCUT2D eigenvalue weighted by atomic mass is 10.0. The van der Waals surface area contributed by atoms with Gasteiger partial charge in [0.05, 0.1) is 12.5 Å². The molecule has 0 aromatic heterocycles. The van der Waals surface area contributed by atoms with E-state index in [4.69, 9.17) is 27.9 Å². The first-order valence-corrected chi connectivity index (χ1v) is 7.43. The lowest BCUT2D eigenvalue weighted by Crippen LogP contribution is -1.98. The monoisotopic (exact) mass is 358 g/mol. The van der Waals surface area contributed by atoms with Crippen LogP contribution in [0.1, 0.15) is 16.5 Å². The fourth-order valence-electron chi connectivity index (χ4n) is 1.87. The van der Waals surface area contributed by atoms with Crippen LogP contribution in [0.15, 0.2) is 46.9 Å². The Hall–Kier alpha value is -0.700. The maximum absolute atomic E-state index is 6.50. The highest BCUT2D eigenvalue weighted by molar-refractivity contribution is 9.10. The van der Waals surface area contributed by atoms with Crippen molar-refractivity contribution in [3.05, 3.63) is 63.1 Å². The first-order chi connectivity index (χ1) is 9.10. The molecule has 19 heavy (non-hydrogen) atoms. The zero-order chi connectivity index (χ0) is 13.8. The van der Waals surface area contributed by atoms with Crippen LogP contribution in [0, 0.1) is 0 Å². The van der Waals surface area contributed by atoms with Crippen LogP contribution in [0.2, 0.25) is 5.02 Å². The summed E-state index contributed by atoms with van der Waals surface area (Å²) in [5.74, 6) is 0.801. The smallest absolute Gasteiger partial charge is 0.119 e. The minimum atomic E-state index is -0.136. The first kappa shape index (κ1) is 14.7. The SMILES string of the molecule is COc1ccc(Br)c(C(Cl)Cc2cccc(Cl)c2)c1. The van der Waals surface area contributed by atoms with Crippen LogP contribution in [0.25, 0.3) is 0 Å². The van der Waals surface area contributed by atoms with Gasteiger partial charge in [-0.25, -0.2) is 0 Å². The lowest BCUT2D eigenvalue weighted by molar-refractivity contribution is 0.414. The number of hydrogen-bond donors (Lipinski definition) is 0. The average Bonchev–Trinajstić information content (AvgIpc) is 2.39. The molecule has 0 aliphatic rings. The van der Waals surface area contributed by atoms with Gasteiger partial charge < -0.3 is 4.74 Å². The fourth-order valence-corrected chi connectivity index (χ4v) is 3.10. The van der Waals surface area contributed by atoms with E-state index in [-0.39, 0.29) is 5.38 Å². The molecular weight excluding hydrogens is 347 g/mol. The van der Waals surface area contributed by atoms with Gasteiger partial charge in [0.1, 0.15) is 5.75 Å². The molecule has 2 rings (SSSR count). The summed E-state index contributed by atoms with van der Waals surface area (Å²) in [6.45, 7) is 0. The number of ether oxygens (including phenoxy) is 1. The molecule has 100 valence electrons. The van der Waals surface area contributed by atoms with Crippen LogP contribution in [0.3, 0.4) is 0 Å². The molecule has 0 bridgehead atoms. The zero-order valence-electron chi connectivity index (χ0n) is 10.4. The predicted octanol–water partition coefficient (Wildman–Crippen LogP) is 5.63. The van der Waals surface area contributed by atoms with E-state index >= 15 is 0 Å². The number of methoxy groups -OCH3 is 1. The number of benzene rings is 2. The third kappa shape index (κ3) is 3.88. The summed E-state index contributed by atoms with van der Waals surface area (Å²) in [7, 11) is 1.65. The molecule has 0 aliphatic heterocycles. The largest absolute Gasteiger partial charge is 0.497 e. The Morgan fingerprint density at radius 3 is 2.68 bits per heavy atom. The second kappa shape index (κ2) is 6.65. The van der Waals surface area contributed by atoms with Crippen LogP contribution in [-0.4, -0.2) is 7.11 Å². The van der Waals surface area contributed by atoms with Gasteiger partial charge in [0.15, 0.2) is 0 Å². The standard InChI is InChI=1S/C15H13BrCl2O/c1-19-12-5-6-14(16)13(9-12)15(18)8-10-3-2-4-11(17)7-10/h2-7,9,15H,8H2,1H3. The van der Waals surface area contributed by atoms with Gasteiger partial charge in [0.25, 0.3) is 0 Å². The molecule has 2 aromatic carbocycles. The normalized spacial score (nSPS) is 12.2. The van der Waals surface area contributed by atoms with E-state index < -0.39 is 0 Å². The van der Waals surface area contributed by atoms with Crippen molar-refractivity contribution in [2.75, 3.05) is 7.11 Å². The second-order valence-corrected chi connectivity index (χ2v) is 6.01. The maximum atomic E-state index is 6.50. The van der Waals surface area contributed by atoms with Crippen LogP contribution in [-0.2, 0) is 6.42 Å². The predicted molar refractivity (Wildman–Crippen MR) is 84.4 cm³/mol. The Bertz CT molecular complexity index is 572. The van der Waals surface area contributed by atoms with E-state index in [0.29, 0.717) is 6.42 Å². The maximum Gasteiger partial charge on any atom is 0.119 e. The van der Waals surface area contributed by atoms with E-state index in [1.54, 1.807) is 7.11 Å². The Morgan fingerprint density at radius 1 is 1.21 bits per heavy atom. The lowest BCUT2D eigenvalue weighted by Gasteiger charge is -2.13. The Labute approximate surface area is 131 Å². The molecule has 1 nitrogen and oxygen atoms in total. The zero-order valence-corrected chi connectivity index (χ0v) is 13.5. The molecule has 0 aliphatic carbocycles. The van der Waals surface area contributed by atoms with Crippen LogP contribution >= 0.6 is 39.1 Å². The van der Waals surface area contributed by atoms with Crippen LogP contribution in [0.4, 0.5) is 0 Å². The van der Waals surface area contributed by atoms with Gasteiger partial charge in [-0.3, -0.25) is 0 Å². The highest BCUT2D eigenvalue weighted by atomic mass is 79.9. The van der Waals surface area contributed by atoms with Crippen LogP contribution < -0.4 is 4.74 Å². The highest BCUT2D eigenvalue weighted by Crippen LogP contribution is 2.34. The molecule has 0 N–H and O–H groups in total. The summed E-state index contributed by atoms with van der Waals surface area (Å²) >= 11 is 16.0. The quantitative estimate of drug-likeness (QED) is 0.642. The van der Waals surface area contributed by atoms with E-state index in [1.807, 2.05) is 42.5 Å². The molecule has 0 amide bonds. The van der Waals surface area contributed by atoms with Crippen molar-refractivity contribution in [3.63, 3.8) is 0 Å². The van der Waals surface area contributed by atoms with Gasteiger partial charge in [-0.15, -0.1) is 11.6 Å². The van der Waals surface area contributed by atoms with Crippen molar-refractivity contribution in [1.82, 2.24) is 0 Å². The molecule has 0 spiro atoms. The van der Waals surface area contributed by atoms with E-state index in [2.05, 4.69) is 15.9 Å². The van der Waals surface area contributed by atoms with Crippen molar-refractivity contribution in [2.45, 2.75) is 11.8 Å². The molecule has 4 heteroatoms. The molecular formula is C15H13BrCl2O. The van der Waals surface area contributed by atoms with Gasteiger partial charge in [-0.05, 0) is 47.9 Å². The van der Waals surface area contributed by atoms with Crippen molar-refractivity contribution < 1.29 is 4.74 Å². The minimum absolute atomic E-state index is 0.136. The third-order valence-electron chi connectivity index (χ3n) is 2.84. The molecule has 1 atom stereocenters. The minimum Gasteiger partial charge on any atom is -0.497 e. The summed E-state index contributed by atoms with van der Waals surface area (Å²) in [6, 6.07) is 13.5. The summed E-state index contributed by atoms with van der Waals surface area (Å²) in [6.07, 6.45) is 0.716. The molecule has 0 radical (unpaired) electrons. The molecule has 0 saturated heterocycles. The van der Waals surface area contributed by atoms with Gasteiger partial charge >= 0.3 is 0 Å². The number of hydrogen-bond acceptors (Lipinski definition) is 1. The Kier molecular flexibility index (Phi) is 5.14. The number of halogens is 3. The highest BCUT2D eigenvalue weighted by Gasteiger charge is 2.13. The topological polar surface area (TPSA) is 9.23 Å². The molecule has 0 saturated carbocycles. The van der Waals surface area contributed by atoms with Crippen molar-refractivity contribution >= 4 is 39.1 Å². The summed E-state index contributed by atoms with van der Waals surface area (Å²) in [5.41, 5.74) is 2.13. The van der Waals surface area contributed by atoms with Gasteiger partial charge in [-0.2, -0.15) is 0 Å². The Balaban J connectivity index is 2.22. The van der Waals surface area contributed by atoms with Gasteiger partial charge in [0.2, 0.25) is 0 Å². The van der Waals surface area contributed by atoms with Gasteiger partial charge in [-0.1, -0.05) is 39.7 Å². The molecule has 2 aromatic rings. The summed E-state index contributed by atoms with van der Waals surface area (Å²) in [4.78, 5) is 0. The average molecular weight is 360 g/mol. The van der Waals surface area contributed by atoms with Gasteiger partial charge in [0, 0.05) is 9.50 Å². The number of rotatable bonds is 4. The van der Waals surface area contributed by atoms with Crippen molar-refractivity contribution in [3.8, 4) is 5.75 Å². The van der Waals surface area contributed by atoms with Crippen molar-refractivity contribution in [1.29, 1.82) is 0 Å².